The Morgan fingerprint density at radius 2 is 1.32 bits per heavy atom. The standard InChI is InChI=1S/C5H12O4.C3H6O2.CH2S4/c6-1-5(2-7,3-8)4-9;1-2-3(4)5;1-2-4-5-3-1/h6-9H,1-4H2;2H2,1H3,(H,4,5);1H2. The lowest BCUT2D eigenvalue weighted by molar-refractivity contribution is -0.136. The Morgan fingerprint density at radius 1 is 1.00 bits per heavy atom. The van der Waals surface area contributed by atoms with E-state index in [0.29, 0.717) is 0 Å². The van der Waals surface area contributed by atoms with E-state index in [-0.39, 0.29) is 6.42 Å². The van der Waals surface area contributed by atoms with Crippen LogP contribution in [0.5, 0.6) is 0 Å². The Morgan fingerprint density at radius 3 is 1.37 bits per heavy atom. The zero-order valence-electron chi connectivity index (χ0n) is 10.5. The van der Waals surface area contributed by atoms with Crippen molar-refractivity contribution in [1.29, 1.82) is 0 Å². The first kappa shape index (κ1) is 22.0. The molecule has 0 radical (unpaired) electrons. The van der Waals surface area contributed by atoms with E-state index >= 15 is 0 Å². The molecule has 6 nitrogen and oxygen atoms in total. The molecule has 0 amide bonds. The Bertz CT molecular complexity index is 186. The van der Waals surface area contributed by atoms with E-state index in [0.717, 1.165) is 0 Å². The molecule has 1 saturated heterocycles. The summed E-state index contributed by atoms with van der Waals surface area (Å²) in [4.78, 5) is 9.37. The van der Waals surface area contributed by atoms with Gasteiger partial charge in [-0.05, 0) is 19.7 Å². The van der Waals surface area contributed by atoms with Crippen molar-refractivity contribution in [3.05, 3.63) is 0 Å². The highest BCUT2D eigenvalue weighted by Gasteiger charge is 2.26. The Labute approximate surface area is 127 Å². The first-order chi connectivity index (χ1) is 9.01. The number of carboxylic acid groups (broad SMARTS) is 1. The molecule has 0 aromatic heterocycles. The van der Waals surface area contributed by atoms with Gasteiger partial charge in [0.25, 0.3) is 0 Å². The van der Waals surface area contributed by atoms with Crippen molar-refractivity contribution in [3.8, 4) is 0 Å². The van der Waals surface area contributed by atoms with Gasteiger partial charge in [0.15, 0.2) is 0 Å². The van der Waals surface area contributed by atoms with Crippen molar-refractivity contribution in [2.45, 2.75) is 13.3 Å². The largest absolute Gasteiger partial charge is 0.481 e. The summed E-state index contributed by atoms with van der Waals surface area (Å²) >= 11 is 0. The van der Waals surface area contributed by atoms with Crippen LogP contribution in [-0.4, -0.2) is 63.0 Å². The van der Waals surface area contributed by atoms with Crippen LogP contribution in [0.1, 0.15) is 13.3 Å². The molecule has 1 aliphatic heterocycles. The van der Waals surface area contributed by atoms with E-state index in [1.165, 1.54) is 5.08 Å². The van der Waals surface area contributed by atoms with Crippen molar-refractivity contribution < 1.29 is 30.3 Å². The van der Waals surface area contributed by atoms with Gasteiger partial charge in [-0.1, -0.05) is 28.5 Å². The minimum Gasteiger partial charge on any atom is -0.481 e. The second kappa shape index (κ2) is 15.1. The number of rotatable bonds is 5. The first-order valence-electron chi connectivity index (χ1n) is 5.24. The summed E-state index contributed by atoms with van der Waals surface area (Å²) in [7, 11) is 7.57. The van der Waals surface area contributed by atoms with E-state index in [9.17, 15) is 4.79 Å². The van der Waals surface area contributed by atoms with Crippen LogP contribution in [0.4, 0.5) is 0 Å². The predicted molar refractivity (Wildman–Crippen MR) is 83.9 cm³/mol. The molecule has 1 heterocycles. The fourth-order valence-electron chi connectivity index (χ4n) is 0.398. The van der Waals surface area contributed by atoms with Gasteiger partial charge in [0.2, 0.25) is 0 Å². The highest BCUT2D eigenvalue weighted by Crippen LogP contribution is 2.53. The zero-order valence-corrected chi connectivity index (χ0v) is 13.8. The number of carboxylic acids is 1. The Kier molecular flexibility index (Phi) is 17.5. The lowest BCUT2D eigenvalue weighted by atomic mass is 9.93. The Balaban J connectivity index is 0. The third kappa shape index (κ3) is 13.4. The fraction of sp³-hybridized carbons (Fsp3) is 0.889. The molecule has 1 aliphatic rings. The highest BCUT2D eigenvalue weighted by molar-refractivity contribution is 9.30. The van der Waals surface area contributed by atoms with Crippen LogP contribution in [0.25, 0.3) is 0 Å². The number of aliphatic hydroxyl groups is 4. The van der Waals surface area contributed by atoms with Gasteiger partial charge in [-0.2, -0.15) is 0 Å². The normalized spacial score (nSPS) is 13.9. The monoisotopic (exact) mass is 352 g/mol. The predicted octanol–water partition coefficient (Wildman–Crippen LogP) is 1.06. The van der Waals surface area contributed by atoms with Crippen molar-refractivity contribution in [1.82, 2.24) is 0 Å². The highest BCUT2D eigenvalue weighted by atomic mass is 33.7. The lowest BCUT2D eigenvalue weighted by Crippen LogP contribution is -2.37. The van der Waals surface area contributed by atoms with Gasteiger partial charge in [0.05, 0.1) is 36.9 Å². The second-order valence-electron chi connectivity index (χ2n) is 3.37. The SMILES string of the molecule is C1SSSS1.CCC(=O)O.OCC(CO)(CO)CO. The van der Waals surface area contributed by atoms with Gasteiger partial charge in [0, 0.05) is 6.42 Å². The van der Waals surface area contributed by atoms with Crippen molar-refractivity contribution in [3.63, 3.8) is 0 Å². The molecule has 116 valence electrons. The maximum atomic E-state index is 9.37. The molecule has 19 heavy (non-hydrogen) atoms. The van der Waals surface area contributed by atoms with Gasteiger partial charge in [-0.15, -0.1) is 0 Å². The quantitative estimate of drug-likeness (QED) is 0.460. The van der Waals surface area contributed by atoms with Crippen LogP contribution >= 0.6 is 41.2 Å². The topological polar surface area (TPSA) is 118 Å². The van der Waals surface area contributed by atoms with Crippen LogP contribution in [0.15, 0.2) is 0 Å². The van der Waals surface area contributed by atoms with Crippen LogP contribution in [0.3, 0.4) is 0 Å². The summed E-state index contributed by atoms with van der Waals surface area (Å²) in [6.07, 6.45) is 0.222. The minimum absolute atomic E-state index is 0.222. The maximum absolute atomic E-state index is 9.37. The molecule has 0 aromatic carbocycles. The van der Waals surface area contributed by atoms with E-state index in [4.69, 9.17) is 25.5 Å². The summed E-state index contributed by atoms with van der Waals surface area (Å²) in [6.45, 7) is -0.0255. The molecular weight excluding hydrogens is 332 g/mol. The zero-order chi connectivity index (χ0) is 15.1. The molecular formula is C9H20O6S4. The molecule has 1 fully saturated rings. The minimum atomic E-state index is -1.11. The van der Waals surface area contributed by atoms with Crippen molar-refractivity contribution >= 4 is 47.2 Å². The van der Waals surface area contributed by atoms with Gasteiger partial charge in [0.1, 0.15) is 0 Å². The summed E-state index contributed by atoms with van der Waals surface area (Å²) in [6, 6.07) is 0. The van der Waals surface area contributed by atoms with Crippen LogP contribution in [0, 0.1) is 5.41 Å². The third-order valence-electron chi connectivity index (χ3n) is 1.86. The van der Waals surface area contributed by atoms with Crippen LogP contribution in [0.2, 0.25) is 0 Å². The molecule has 0 atom stereocenters. The first-order valence-corrected chi connectivity index (χ1v) is 10.4. The number of aliphatic carboxylic acids is 1. The molecule has 0 aromatic rings. The summed E-state index contributed by atoms with van der Waals surface area (Å²) in [5, 5.41) is 43.0. The number of hydrogen-bond acceptors (Lipinski definition) is 9. The molecule has 1 rings (SSSR count). The van der Waals surface area contributed by atoms with E-state index in [1.54, 1.807) is 6.92 Å². The average molecular weight is 353 g/mol. The van der Waals surface area contributed by atoms with Crippen molar-refractivity contribution in [2.75, 3.05) is 31.5 Å². The second-order valence-corrected chi connectivity index (χ2v) is 9.74. The molecule has 0 aliphatic carbocycles. The third-order valence-corrected chi connectivity index (χ3v) is 9.09. The molecule has 0 spiro atoms. The maximum Gasteiger partial charge on any atom is 0.303 e. The summed E-state index contributed by atoms with van der Waals surface area (Å²) in [5.74, 6) is -0.745. The molecule has 0 unspecified atom stereocenters. The molecule has 0 saturated carbocycles. The average Bonchev–Trinajstić information content (AvgIpc) is 3.02. The molecule has 5 N–H and O–H groups in total. The van der Waals surface area contributed by atoms with E-state index < -0.39 is 37.8 Å². The van der Waals surface area contributed by atoms with E-state index in [2.05, 4.69) is 0 Å². The summed E-state index contributed by atoms with van der Waals surface area (Å²) < 4.78 is 0. The lowest BCUT2D eigenvalue weighted by Gasteiger charge is -2.23. The Hall–Kier alpha value is 0.710. The smallest absolute Gasteiger partial charge is 0.303 e. The van der Waals surface area contributed by atoms with Gasteiger partial charge in [-0.25, -0.2) is 0 Å². The van der Waals surface area contributed by atoms with Crippen LogP contribution < -0.4 is 0 Å². The number of aliphatic hydroxyl groups excluding tert-OH is 4. The van der Waals surface area contributed by atoms with Crippen molar-refractivity contribution in [2.24, 2.45) is 5.41 Å². The summed E-state index contributed by atoms with van der Waals surface area (Å²) in [5.41, 5.74) is -1.11. The van der Waals surface area contributed by atoms with Gasteiger partial charge >= 0.3 is 5.97 Å². The van der Waals surface area contributed by atoms with Crippen LogP contribution in [-0.2, 0) is 4.79 Å². The number of hydrogen-bond donors (Lipinski definition) is 5. The molecule has 0 bridgehead atoms. The number of carbonyl (C=O) groups is 1. The van der Waals surface area contributed by atoms with E-state index in [1.807, 2.05) is 41.2 Å². The fourth-order valence-corrected chi connectivity index (χ4v) is 8.25. The molecule has 10 heteroatoms. The van der Waals surface area contributed by atoms with Gasteiger partial charge < -0.3 is 25.5 Å². The van der Waals surface area contributed by atoms with Gasteiger partial charge in [-0.3, -0.25) is 4.79 Å².